The highest BCUT2D eigenvalue weighted by Gasteiger charge is 2.21. The van der Waals surface area contributed by atoms with E-state index in [4.69, 9.17) is 0 Å². The van der Waals surface area contributed by atoms with E-state index in [0.717, 1.165) is 11.3 Å². The number of nitrogens with zero attached hydrogens (tertiary/aromatic N) is 2. The molecule has 0 aliphatic heterocycles. The van der Waals surface area contributed by atoms with E-state index in [0.29, 0.717) is 12.4 Å². The van der Waals surface area contributed by atoms with Gasteiger partial charge in [0.1, 0.15) is 11.4 Å². The fourth-order valence-electron chi connectivity index (χ4n) is 2.44. The van der Waals surface area contributed by atoms with Crippen molar-refractivity contribution in [3.05, 3.63) is 94.2 Å². The van der Waals surface area contributed by atoms with Crippen LogP contribution in [0.2, 0.25) is 0 Å². The van der Waals surface area contributed by atoms with Gasteiger partial charge in [-0.15, -0.1) is 0 Å². The van der Waals surface area contributed by atoms with Crippen LogP contribution in [0.15, 0.2) is 71.7 Å². The number of aryl methyl sites for hydroxylation is 1. The molecular weight excluding hydrogens is 302 g/mol. The molecule has 0 bridgehead atoms. The predicted octanol–water partition coefficient (Wildman–Crippen LogP) is 2.93. The van der Waals surface area contributed by atoms with E-state index in [-0.39, 0.29) is 11.5 Å². The first-order chi connectivity index (χ1) is 11.6. The summed E-state index contributed by atoms with van der Waals surface area (Å²) >= 11 is 0. The number of amides is 1. The van der Waals surface area contributed by atoms with Crippen molar-refractivity contribution >= 4 is 11.6 Å². The predicted molar refractivity (Wildman–Crippen MR) is 93.0 cm³/mol. The summed E-state index contributed by atoms with van der Waals surface area (Å²) in [5.41, 5.74) is 1.31. The number of para-hydroxylation sites is 1. The Bertz CT molecular complexity index is 889. The molecule has 1 aromatic heterocycles. The van der Waals surface area contributed by atoms with Crippen molar-refractivity contribution in [2.24, 2.45) is 0 Å². The number of hydrogen-bond donors (Lipinski definition) is 1. The highest BCUT2D eigenvalue weighted by Crippen LogP contribution is 2.18. The molecule has 0 spiro atoms. The van der Waals surface area contributed by atoms with E-state index in [1.807, 2.05) is 60.7 Å². The molecule has 2 aromatic carbocycles. The topological polar surface area (TPSA) is 66.1 Å². The number of carbonyl (C=O) groups excluding carboxylic acids is 1. The molecule has 1 heterocycles. The zero-order valence-corrected chi connectivity index (χ0v) is 13.3. The minimum Gasteiger partial charge on any atom is -0.310 e. The molecule has 0 aliphatic rings. The van der Waals surface area contributed by atoms with Gasteiger partial charge in [0.15, 0.2) is 0 Å². The zero-order valence-electron chi connectivity index (χ0n) is 13.3. The third-order valence-electron chi connectivity index (χ3n) is 3.65. The van der Waals surface area contributed by atoms with Crippen molar-refractivity contribution in [2.45, 2.75) is 13.5 Å². The number of benzene rings is 2. The second-order valence-electron chi connectivity index (χ2n) is 5.42. The number of rotatable bonds is 4. The SMILES string of the molecule is Cc1ncc(C(=O)N(Cc2ccccc2)c2ccccc2)c(=O)[nH]1. The fourth-order valence-corrected chi connectivity index (χ4v) is 2.44. The average Bonchev–Trinajstić information content (AvgIpc) is 2.61. The van der Waals surface area contributed by atoms with Crippen LogP contribution in [0.3, 0.4) is 0 Å². The number of carbonyl (C=O) groups is 1. The lowest BCUT2D eigenvalue weighted by molar-refractivity contribution is 0.0983. The second kappa shape index (κ2) is 6.91. The van der Waals surface area contributed by atoms with Gasteiger partial charge in [0.25, 0.3) is 11.5 Å². The number of H-pyrrole nitrogens is 1. The Morgan fingerprint density at radius 3 is 2.29 bits per heavy atom. The summed E-state index contributed by atoms with van der Waals surface area (Å²) in [5.74, 6) is 0.102. The third kappa shape index (κ3) is 3.41. The van der Waals surface area contributed by atoms with Crippen LogP contribution < -0.4 is 10.5 Å². The summed E-state index contributed by atoms with van der Waals surface area (Å²) in [7, 11) is 0. The van der Waals surface area contributed by atoms with Gasteiger partial charge in [0.05, 0.1) is 6.54 Å². The Kier molecular flexibility index (Phi) is 4.52. The fraction of sp³-hybridized carbons (Fsp3) is 0.105. The molecule has 0 aliphatic carbocycles. The monoisotopic (exact) mass is 319 g/mol. The normalized spacial score (nSPS) is 10.4. The van der Waals surface area contributed by atoms with E-state index in [1.54, 1.807) is 11.8 Å². The van der Waals surface area contributed by atoms with Crippen molar-refractivity contribution in [1.29, 1.82) is 0 Å². The Morgan fingerprint density at radius 1 is 1.04 bits per heavy atom. The quantitative estimate of drug-likeness (QED) is 0.804. The van der Waals surface area contributed by atoms with Crippen molar-refractivity contribution < 1.29 is 4.79 Å². The van der Waals surface area contributed by atoms with Gasteiger partial charge in [-0.3, -0.25) is 9.59 Å². The van der Waals surface area contributed by atoms with E-state index in [1.165, 1.54) is 6.20 Å². The van der Waals surface area contributed by atoms with E-state index >= 15 is 0 Å². The minimum atomic E-state index is -0.429. The van der Waals surface area contributed by atoms with Gasteiger partial charge in [0, 0.05) is 11.9 Å². The Morgan fingerprint density at radius 2 is 1.67 bits per heavy atom. The lowest BCUT2D eigenvalue weighted by Crippen LogP contribution is -2.34. The highest BCUT2D eigenvalue weighted by molar-refractivity contribution is 6.05. The van der Waals surface area contributed by atoms with Gasteiger partial charge >= 0.3 is 0 Å². The maximum Gasteiger partial charge on any atom is 0.265 e. The van der Waals surface area contributed by atoms with Crippen LogP contribution in [0.1, 0.15) is 21.7 Å². The molecule has 3 rings (SSSR count). The molecule has 0 unspecified atom stereocenters. The molecule has 0 saturated heterocycles. The van der Waals surface area contributed by atoms with Crippen molar-refractivity contribution in [3.63, 3.8) is 0 Å². The lowest BCUT2D eigenvalue weighted by atomic mass is 10.1. The summed E-state index contributed by atoms with van der Waals surface area (Å²) in [6, 6.07) is 18.9. The van der Waals surface area contributed by atoms with Crippen molar-refractivity contribution in [1.82, 2.24) is 9.97 Å². The Balaban J connectivity index is 2.01. The molecule has 1 N–H and O–H groups in total. The Labute approximate surface area is 139 Å². The highest BCUT2D eigenvalue weighted by atomic mass is 16.2. The standard InChI is InChI=1S/C19H17N3O2/c1-14-20-12-17(18(23)21-14)19(24)22(16-10-6-3-7-11-16)13-15-8-4-2-5-9-15/h2-12H,13H2,1H3,(H,20,21,23). The molecule has 0 saturated carbocycles. The maximum atomic E-state index is 12.9. The van der Waals surface area contributed by atoms with Gasteiger partial charge in [0.2, 0.25) is 0 Å². The van der Waals surface area contributed by atoms with Gasteiger partial charge < -0.3 is 9.88 Å². The molecule has 0 radical (unpaired) electrons. The summed E-state index contributed by atoms with van der Waals surface area (Å²) in [4.78, 5) is 33.3. The summed E-state index contributed by atoms with van der Waals surface area (Å²) < 4.78 is 0. The first-order valence-corrected chi connectivity index (χ1v) is 7.62. The summed E-state index contributed by atoms with van der Waals surface area (Å²) in [5, 5.41) is 0. The number of anilines is 1. The van der Waals surface area contributed by atoms with Crippen LogP contribution in [0, 0.1) is 6.92 Å². The van der Waals surface area contributed by atoms with E-state index < -0.39 is 5.56 Å². The van der Waals surface area contributed by atoms with Crippen LogP contribution in [0.4, 0.5) is 5.69 Å². The number of hydrogen-bond acceptors (Lipinski definition) is 3. The average molecular weight is 319 g/mol. The first kappa shape index (κ1) is 15.7. The molecular formula is C19H17N3O2. The largest absolute Gasteiger partial charge is 0.310 e. The van der Waals surface area contributed by atoms with E-state index in [9.17, 15) is 9.59 Å². The molecule has 0 fully saturated rings. The lowest BCUT2D eigenvalue weighted by Gasteiger charge is -2.22. The molecule has 5 heteroatoms. The molecule has 5 nitrogen and oxygen atoms in total. The second-order valence-corrected chi connectivity index (χ2v) is 5.42. The molecule has 24 heavy (non-hydrogen) atoms. The zero-order chi connectivity index (χ0) is 16.9. The van der Waals surface area contributed by atoms with Crippen molar-refractivity contribution in [3.8, 4) is 0 Å². The molecule has 3 aromatic rings. The minimum absolute atomic E-state index is 0.0281. The number of aromatic nitrogens is 2. The van der Waals surface area contributed by atoms with Gasteiger partial charge in [-0.25, -0.2) is 4.98 Å². The van der Waals surface area contributed by atoms with Crippen LogP contribution in [-0.2, 0) is 6.54 Å². The molecule has 1 amide bonds. The number of nitrogens with one attached hydrogen (secondary N) is 1. The first-order valence-electron chi connectivity index (χ1n) is 7.62. The van der Waals surface area contributed by atoms with Gasteiger partial charge in [-0.1, -0.05) is 48.5 Å². The molecule has 0 atom stereocenters. The van der Waals surface area contributed by atoms with Crippen LogP contribution in [0.5, 0.6) is 0 Å². The summed E-state index contributed by atoms with van der Waals surface area (Å²) in [6.45, 7) is 2.05. The smallest absolute Gasteiger partial charge is 0.265 e. The molecule has 120 valence electrons. The van der Waals surface area contributed by atoms with Crippen LogP contribution in [-0.4, -0.2) is 15.9 Å². The summed E-state index contributed by atoms with van der Waals surface area (Å²) in [6.07, 6.45) is 1.33. The van der Waals surface area contributed by atoms with Gasteiger partial charge in [-0.05, 0) is 24.6 Å². The van der Waals surface area contributed by atoms with Gasteiger partial charge in [-0.2, -0.15) is 0 Å². The van der Waals surface area contributed by atoms with Crippen molar-refractivity contribution in [2.75, 3.05) is 4.90 Å². The third-order valence-corrected chi connectivity index (χ3v) is 3.65. The van der Waals surface area contributed by atoms with Crippen LogP contribution in [0.25, 0.3) is 0 Å². The van der Waals surface area contributed by atoms with E-state index in [2.05, 4.69) is 9.97 Å². The number of aromatic amines is 1. The van der Waals surface area contributed by atoms with Crippen LogP contribution >= 0.6 is 0 Å². The Hall–Kier alpha value is -3.21. The maximum absolute atomic E-state index is 12.9.